The molecule has 0 fully saturated rings. The van der Waals surface area contributed by atoms with Crippen molar-refractivity contribution in [1.29, 1.82) is 0 Å². The number of nitrogens with zero attached hydrogens (tertiary/aromatic N) is 1. The summed E-state index contributed by atoms with van der Waals surface area (Å²) in [6.07, 6.45) is 0. The van der Waals surface area contributed by atoms with E-state index in [-0.39, 0.29) is 5.91 Å². The second-order valence-electron chi connectivity index (χ2n) is 5.25. The Kier molecular flexibility index (Phi) is 5.51. The number of para-hydroxylation sites is 2. The predicted molar refractivity (Wildman–Crippen MR) is 96.3 cm³/mol. The second kappa shape index (κ2) is 7.99. The number of hydrogen-bond acceptors (Lipinski definition) is 4. The summed E-state index contributed by atoms with van der Waals surface area (Å²) in [5, 5.41) is 3.72. The van der Waals surface area contributed by atoms with E-state index in [4.69, 9.17) is 4.74 Å². The van der Waals surface area contributed by atoms with Gasteiger partial charge in [0.05, 0.1) is 17.6 Å². The maximum absolute atomic E-state index is 12.3. The Morgan fingerprint density at radius 3 is 2.83 bits per heavy atom. The van der Waals surface area contributed by atoms with Crippen molar-refractivity contribution in [2.24, 2.45) is 0 Å². The van der Waals surface area contributed by atoms with Crippen LogP contribution in [0.3, 0.4) is 0 Å². The molecule has 0 aliphatic rings. The first kappa shape index (κ1) is 16.5. The van der Waals surface area contributed by atoms with Gasteiger partial charge in [-0.25, -0.2) is 4.98 Å². The molecule has 0 saturated carbocycles. The third-order valence-electron chi connectivity index (χ3n) is 3.59. The Bertz CT molecular complexity index is 799. The first-order valence-corrected chi connectivity index (χ1v) is 8.69. The molecule has 6 heteroatoms. The Morgan fingerprint density at radius 2 is 2.00 bits per heavy atom. The number of benzene rings is 2. The number of imidazole rings is 1. The number of carbonyl (C=O) groups excluding carboxylic acids is 1. The van der Waals surface area contributed by atoms with E-state index in [2.05, 4.69) is 15.3 Å². The first-order valence-electron chi connectivity index (χ1n) is 7.70. The lowest BCUT2D eigenvalue weighted by Crippen LogP contribution is -2.27. The second-order valence-corrected chi connectivity index (χ2v) is 6.22. The van der Waals surface area contributed by atoms with Crippen LogP contribution in [-0.2, 0) is 10.5 Å². The average Bonchev–Trinajstić information content (AvgIpc) is 3.03. The van der Waals surface area contributed by atoms with Crippen molar-refractivity contribution in [1.82, 2.24) is 15.3 Å². The summed E-state index contributed by atoms with van der Waals surface area (Å²) in [6.45, 7) is 1.00. The number of ether oxygens (including phenoxy) is 1. The molecular weight excluding hydrogens is 322 g/mol. The average molecular weight is 341 g/mol. The summed E-state index contributed by atoms with van der Waals surface area (Å²) < 4.78 is 4.96. The molecule has 3 aromatic rings. The molecule has 0 unspecified atom stereocenters. The van der Waals surface area contributed by atoms with Crippen molar-refractivity contribution in [3.63, 3.8) is 0 Å². The van der Waals surface area contributed by atoms with Crippen LogP contribution in [0.1, 0.15) is 15.9 Å². The van der Waals surface area contributed by atoms with Gasteiger partial charge in [0.15, 0.2) is 5.16 Å². The molecule has 1 amide bonds. The maximum Gasteiger partial charge on any atom is 0.251 e. The number of amides is 1. The minimum absolute atomic E-state index is 0.0761. The normalized spacial score (nSPS) is 10.9. The molecule has 24 heavy (non-hydrogen) atoms. The number of aromatic nitrogens is 2. The Hall–Kier alpha value is -2.31. The van der Waals surface area contributed by atoms with Gasteiger partial charge in [0.2, 0.25) is 0 Å². The Balaban J connectivity index is 1.69. The van der Waals surface area contributed by atoms with Gasteiger partial charge >= 0.3 is 0 Å². The number of methoxy groups -OCH3 is 1. The number of nitrogens with one attached hydrogen (secondary N) is 2. The quantitative estimate of drug-likeness (QED) is 0.511. The van der Waals surface area contributed by atoms with E-state index in [1.54, 1.807) is 18.9 Å². The van der Waals surface area contributed by atoms with E-state index in [1.165, 1.54) is 0 Å². The SMILES string of the molecule is COCCNC(=O)c1ccccc1CSc1nc2ccccc2[nH]1. The van der Waals surface area contributed by atoms with E-state index in [0.717, 1.165) is 21.8 Å². The van der Waals surface area contributed by atoms with Crippen LogP contribution in [-0.4, -0.2) is 36.1 Å². The number of fused-ring (bicyclic) bond motifs is 1. The van der Waals surface area contributed by atoms with Gasteiger partial charge < -0.3 is 15.0 Å². The van der Waals surface area contributed by atoms with Gasteiger partial charge in [0, 0.05) is 25.0 Å². The summed E-state index contributed by atoms with van der Waals surface area (Å²) in [7, 11) is 1.62. The molecule has 1 heterocycles. The van der Waals surface area contributed by atoms with Crippen molar-refractivity contribution in [3.8, 4) is 0 Å². The molecule has 124 valence electrons. The number of hydrogen-bond donors (Lipinski definition) is 2. The number of aromatic amines is 1. The van der Waals surface area contributed by atoms with Gasteiger partial charge in [-0.3, -0.25) is 4.79 Å². The summed E-state index contributed by atoms with van der Waals surface area (Å²) in [4.78, 5) is 20.1. The first-order chi connectivity index (χ1) is 11.8. The summed E-state index contributed by atoms with van der Waals surface area (Å²) >= 11 is 1.59. The molecule has 0 saturated heterocycles. The zero-order valence-electron chi connectivity index (χ0n) is 13.4. The van der Waals surface area contributed by atoms with Crippen molar-refractivity contribution in [2.45, 2.75) is 10.9 Å². The van der Waals surface area contributed by atoms with Gasteiger partial charge in [-0.05, 0) is 23.8 Å². The zero-order valence-corrected chi connectivity index (χ0v) is 14.2. The number of H-pyrrole nitrogens is 1. The standard InChI is InChI=1S/C18H19N3O2S/c1-23-11-10-19-17(22)14-7-3-2-6-13(14)12-24-18-20-15-8-4-5-9-16(15)21-18/h2-9H,10-12H2,1H3,(H,19,22)(H,20,21). The van der Waals surface area contributed by atoms with E-state index in [0.29, 0.717) is 24.5 Å². The third-order valence-corrected chi connectivity index (χ3v) is 4.51. The van der Waals surface area contributed by atoms with Crippen LogP contribution in [0.2, 0.25) is 0 Å². The number of rotatable bonds is 7. The van der Waals surface area contributed by atoms with E-state index in [1.807, 2.05) is 48.5 Å². The number of thioether (sulfide) groups is 1. The maximum atomic E-state index is 12.3. The van der Waals surface area contributed by atoms with E-state index in [9.17, 15) is 4.79 Å². The monoisotopic (exact) mass is 341 g/mol. The van der Waals surface area contributed by atoms with E-state index < -0.39 is 0 Å². The lowest BCUT2D eigenvalue weighted by molar-refractivity contribution is 0.0936. The largest absolute Gasteiger partial charge is 0.383 e. The summed E-state index contributed by atoms with van der Waals surface area (Å²) in [5.74, 6) is 0.598. The van der Waals surface area contributed by atoms with Crippen LogP contribution in [0.4, 0.5) is 0 Å². The minimum Gasteiger partial charge on any atom is -0.383 e. The molecule has 1 aromatic heterocycles. The molecule has 0 spiro atoms. The molecule has 3 rings (SSSR count). The third kappa shape index (κ3) is 3.96. The van der Waals surface area contributed by atoms with Crippen LogP contribution in [0, 0.1) is 0 Å². The van der Waals surface area contributed by atoms with Crippen LogP contribution >= 0.6 is 11.8 Å². The lowest BCUT2D eigenvalue weighted by Gasteiger charge is -2.09. The summed E-state index contributed by atoms with van der Waals surface area (Å²) in [6, 6.07) is 15.6. The van der Waals surface area contributed by atoms with Gasteiger partial charge in [0.1, 0.15) is 0 Å². The molecule has 0 aliphatic carbocycles. The fourth-order valence-electron chi connectivity index (χ4n) is 2.37. The van der Waals surface area contributed by atoms with Crippen LogP contribution in [0.15, 0.2) is 53.7 Å². The van der Waals surface area contributed by atoms with Gasteiger partial charge in [-0.1, -0.05) is 42.1 Å². The minimum atomic E-state index is -0.0761. The molecule has 2 aromatic carbocycles. The highest BCUT2D eigenvalue weighted by atomic mass is 32.2. The predicted octanol–water partition coefficient (Wildman–Crippen LogP) is 3.23. The van der Waals surface area contributed by atoms with Crippen molar-refractivity contribution < 1.29 is 9.53 Å². The molecule has 0 aliphatic heterocycles. The highest BCUT2D eigenvalue weighted by Gasteiger charge is 2.11. The smallest absolute Gasteiger partial charge is 0.251 e. The molecule has 2 N–H and O–H groups in total. The highest BCUT2D eigenvalue weighted by molar-refractivity contribution is 7.98. The van der Waals surface area contributed by atoms with Crippen LogP contribution in [0.25, 0.3) is 11.0 Å². The van der Waals surface area contributed by atoms with Gasteiger partial charge in [-0.15, -0.1) is 0 Å². The molecular formula is C18H19N3O2S. The van der Waals surface area contributed by atoms with Crippen molar-refractivity contribution in [2.75, 3.05) is 20.3 Å². The molecule has 0 radical (unpaired) electrons. The molecule has 0 bridgehead atoms. The Morgan fingerprint density at radius 1 is 1.21 bits per heavy atom. The highest BCUT2D eigenvalue weighted by Crippen LogP contribution is 2.24. The van der Waals surface area contributed by atoms with E-state index >= 15 is 0 Å². The van der Waals surface area contributed by atoms with Gasteiger partial charge in [0.25, 0.3) is 5.91 Å². The fraction of sp³-hybridized carbons (Fsp3) is 0.222. The van der Waals surface area contributed by atoms with Crippen molar-refractivity contribution in [3.05, 3.63) is 59.7 Å². The topological polar surface area (TPSA) is 67.0 Å². The van der Waals surface area contributed by atoms with Crippen LogP contribution in [0.5, 0.6) is 0 Å². The number of carbonyl (C=O) groups is 1. The summed E-state index contributed by atoms with van der Waals surface area (Å²) in [5.41, 5.74) is 3.64. The molecule has 0 atom stereocenters. The Labute approximate surface area is 144 Å². The zero-order chi connectivity index (χ0) is 16.8. The van der Waals surface area contributed by atoms with Crippen molar-refractivity contribution >= 4 is 28.7 Å². The van der Waals surface area contributed by atoms with Crippen LogP contribution < -0.4 is 5.32 Å². The lowest BCUT2D eigenvalue weighted by atomic mass is 10.1. The van der Waals surface area contributed by atoms with Gasteiger partial charge in [-0.2, -0.15) is 0 Å². The fourth-order valence-corrected chi connectivity index (χ4v) is 3.26. The molecule has 5 nitrogen and oxygen atoms in total.